The molecule has 1 aromatic heterocycles. The van der Waals surface area contributed by atoms with E-state index >= 15 is 0 Å². The summed E-state index contributed by atoms with van der Waals surface area (Å²) in [5.74, 6) is 0. The van der Waals surface area contributed by atoms with E-state index in [1.807, 2.05) is 30.6 Å². The Morgan fingerprint density at radius 3 is 2.96 bits per heavy atom. The van der Waals surface area contributed by atoms with E-state index < -0.39 is 0 Å². The molecule has 0 spiro atoms. The second-order valence-corrected chi connectivity index (χ2v) is 6.47. The molecule has 1 unspecified atom stereocenters. The lowest BCUT2D eigenvalue weighted by Crippen LogP contribution is -2.38. The van der Waals surface area contributed by atoms with Crippen molar-refractivity contribution >= 4 is 17.1 Å². The van der Waals surface area contributed by atoms with E-state index in [1.54, 1.807) is 0 Å². The number of carbonyl (C=O) groups excluding carboxylic acids is 1. The number of nitrogens with zero attached hydrogens (tertiary/aromatic N) is 2. The first kappa shape index (κ1) is 15.7. The fraction of sp³-hybridized carbons (Fsp3) is 0.300. The lowest BCUT2D eigenvalue weighted by molar-refractivity contribution is 0.236. The highest BCUT2D eigenvalue weighted by molar-refractivity contribution is 5.75. The summed E-state index contributed by atoms with van der Waals surface area (Å²) in [6.45, 7) is 1.49. The van der Waals surface area contributed by atoms with Crippen molar-refractivity contribution in [2.24, 2.45) is 0 Å². The summed E-state index contributed by atoms with van der Waals surface area (Å²) in [6.07, 6.45) is 4.75. The number of aromatic nitrogens is 2. The summed E-state index contributed by atoms with van der Waals surface area (Å²) in [6, 6.07) is 16.5. The number of para-hydroxylation sites is 2. The molecule has 4 rings (SSSR count). The molecule has 128 valence electrons. The Kier molecular flexibility index (Phi) is 4.37. The van der Waals surface area contributed by atoms with Gasteiger partial charge in [-0.2, -0.15) is 0 Å². The first-order valence-electron chi connectivity index (χ1n) is 8.83. The number of amides is 2. The average Bonchev–Trinajstić information content (AvgIpc) is 3.24. The molecule has 0 saturated heterocycles. The van der Waals surface area contributed by atoms with Crippen molar-refractivity contribution in [1.29, 1.82) is 0 Å². The van der Waals surface area contributed by atoms with E-state index in [0.717, 1.165) is 36.8 Å². The van der Waals surface area contributed by atoms with E-state index in [9.17, 15) is 4.79 Å². The Morgan fingerprint density at radius 1 is 1.16 bits per heavy atom. The van der Waals surface area contributed by atoms with Crippen LogP contribution in [0.4, 0.5) is 4.79 Å². The van der Waals surface area contributed by atoms with Gasteiger partial charge in [0.2, 0.25) is 0 Å². The number of nitrogens with one attached hydrogen (secondary N) is 2. The van der Waals surface area contributed by atoms with Gasteiger partial charge in [0.1, 0.15) is 0 Å². The maximum atomic E-state index is 12.1. The van der Waals surface area contributed by atoms with Gasteiger partial charge in [-0.15, -0.1) is 0 Å². The maximum absolute atomic E-state index is 12.1. The highest BCUT2D eigenvalue weighted by Gasteiger charge is 2.22. The smallest absolute Gasteiger partial charge is 0.315 e. The fourth-order valence-corrected chi connectivity index (χ4v) is 3.56. The van der Waals surface area contributed by atoms with Crippen LogP contribution in [0.5, 0.6) is 0 Å². The van der Waals surface area contributed by atoms with Crippen LogP contribution >= 0.6 is 0 Å². The van der Waals surface area contributed by atoms with Crippen LogP contribution in [0.3, 0.4) is 0 Å². The number of fused-ring (bicyclic) bond motifs is 2. The summed E-state index contributed by atoms with van der Waals surface area (Å²) in [7, 11) is 0. The minimum atomic E-state index is -0.0859. The van der Waals surface area contributed by atoms with Crippen LogP contribution in [0, 0.1) is 0 Å². The molecule has 3 aromatic rings. The van der Waals surface area contributed by atoms with E-state index in [0.29, 0.717) is 6.54 Å². The van der Waals surface area contributed by atoms with Crippen molar-refractivity contribution < 1.29 is 4.79 Å². The summed E-state index contributed by atoms with van der Waals surface area (Å²) in [4.78, 5) is 16.5. The number of benzene rings is 2. The summed E-state index contributed by atoms with van der Waals surface area (Å²) >= 11 is 0. The van der Waals surface area contributed by atoms with Crippen LogP contribution in [0.15, 0.2) is 54.9 Å². The minimum absolute atomic E-state index is 0.0859. The van der Waals surface area contributed by atoms with Gasteiger partial charge in [0.15, 0.2) is 0 Å². The number of rotatable bonds is 5. The number of aryl methyl sites for hydroxylation is 2. The standard InChI is InChI=1S/C20H22N4O/c25-20(23-17-11-10-15-6-1-2-7-16(15)17)21-12-5-13-24-14-22-18-8-3-4-9-19(18)24/h1-4,6-9,14,17H,5,10-13H2,(H2,21,23,25). The normalized spacial score (nSPS) is 15.9. The number of carbonyl (C=O) groups is 1. The van der Waals surface area contributed by atoms with Gasteiger partial charge in [0, 0.05) is 13.1 Å². The molecule has 1 atom stereocenters. The van der Waals surface area contributed by atoms with E-state index in [1.165, 1.54) is 11.1 Å². The predicted octanol–water partition coefficient (Wildman–Crippen LogP) is 3.41. The molecular weight excluding hydrogens is 312 g/mol. The van der Waals surface area contributed by atoms with Crippen molar-refractivity contribution in [2.75, 3.05) is 6.54 Å². The Bertz CT molecular complexity index is 886. The molecule has 5 heteroatoms. The third-order valence-corrected chi connectivity index (χ3v) is 4.83. The number of urea groups is 1. The monoisotopic (exact) mass is 334 g/mol. The molecule has 2 N–H and O–H groups in total. The Balaban J connectivity index is 1.25. The Morgan fingerprint density at radius 2 is 2.00 bits per heavy atom. The second-order valence-electron chi connectivity index (χ2n) is 6.47. The zero-order chi connectivity index (χ0) is 17.1. The molecular formula is C20H22N4O. The van der Waals surface area contributed by atoms with Gasteiger partial charge in [0.25, 0.3) is 0 Å². The third kappa shape index (κ3) is 3.36. The van der Waals surface area contributed by atoms with E-state index in [-0.39, 0.29) is 12.1 Å². The average molecular weight is 334 g/mol. The number of hydrogen-bond acceptors (Lipinski definition) is 2. The maximum Gasteiger partial charge on any atom is 0.315 e. The molecule has 0 radical (unpaired) electrons. The Labute approximate surface area is 147 Å². The molecule has 0 saturated carbocycles. The Hall–Kier alpha value is -2.82. The SMILES string of the molecule is O=C(NCCCn1cnc2ccccc21)NC1CCc2ccccc21. The largest absolute Gasteiger partial charge is 0.338 e. The fourth-order valence-electron chi connectivity index (χ4n) is 3.56. The summed E-state index contributed by atoms with van der Waals surface area (Å²) in [5.41, 5.74) is 4.74. The van der Waals surface area contributed by atoms with Crippen LogP contribution in [0.1, 0.15) is 30.0 Å². The van der Waals surface area contributed by atoms with Crippen molar-refractivity contribution in [3.8, 4) is 0 Å². The van der Waals surface area contributed by atoms with Crippen molar-refractivity contribution in [1.82, 2.24) is 20.2 Å². The number of hydrogen-bond donors (Lipinski definition) is 2. The molecule has 2 aromatic carbocycles. The lowest BCUT2D eigenvalue weighted by Gasteiger charge is -2.15. The third-order valence-electron chi connectivity index (χ3n) is 4.83. The molecule has 1 aliphatic rings. The zero-order valence-corrected chi connectivity index (χ0v) is 14.1. The van der Waals surface area contributed by atoms with Gasteiger partial charge >= 0.3 is 6.03 Å². The molecule has 0 fully saturated rings. The van der Waals surface area contributed by atoms with E-state index in [2.05, 4.69) is 44.5 Å². The van der Waals surface area contributed by atoms with Crippen molar-refractivity contribution in [3.63, 3.8) is 0 Å². The van der Waals surface area contributed by atoms with Crippen LogP contribution in [0.2, 0.25) is 0 Å². The molecule has 0 aliphatic heterocycles. The molecule has 1 heterocycles. The van der Waals surface area contributed by atoms with E-state index in [4.69, 9.17) is 0 Å². The van der Waals surface area contributed by atoms with Crippen LogP contribution in [0.25, 0.3) is 11.0 Å². The predicted molar refractivity (Wildman–Crippen MR) is 98.4 cm³/mol. The first-order chi connectivity index (χ1) is 12.3. The summed E-state index contributed by atoms with van der Waals surface area (Å²) in [5, 5.41) is 6.06. The summed E-state index contributed by atoms with van der Waals surface area (Å²) < 4.78 is 2.13. The van der Waals surface area contributed by atoms with Crippen molar-refractivity contribution in [3.05, 3.63) is 66.0 Å². The zero-order valence-electron chi connectivity index (χ0n) is 14.1. The van der Waals surface area contributed by atoms with Crippen LogP contribution in [-0.2, 0) is 13.0 Å². The first-order valence-corrected chi connectivity index (χ1v) is 8.83. The molecule has 1 aliphatic carbocycles. The van der Waals surface area contributed by atoms with Gasteiger partial charge in [0.05, 0.1) is 23.4 Å². The highest BCUT2D eigenvalue weighted by Crippen LogP contribution is 2.30. The van der Waals surface area contributed by atoms with Gasteiger partial charge in [-0.25, -0.2) is 9.78 Å². The highest BCUT2D eigenvalue weighted by atomic mass is 16.2. The minimum Gasteiger partial charge on any atom is -0.338 e. The van der Waals surface area contributed by atoms with Gasteiger partial charge in [-0.3, -0.25) is 0 Å². The van der Waals surface area contributed by atoms with Crippen molar-refractivity contribution in [2.45, 2.75) is 31.8 Å². The van der Waals surface area contributed by atoms with Gasteiger partial charge in [-0.1, -0.05) is 36.4 Å². The molecule has 2 amide bonds. The second kappa shape index (κ2) is 6.97. The molecule has 0 bridgehead atoms. The lowest BCUT2D eigenvalue weighted by atomic mass is 10.1. The van der Waals surface area contributed by atoms with Gasteiger partial charge < -0.3 is 15.2 Å². The quantitative estimate of drug-likeness (QED) is 0.703. The molecule has 25 heavy (non-hydrogen) atoms. The van der Waals surface area contributed by atoms with Crippen LogP contribution < -0.4 is 10.6 Å². The molecule has 5 nitrogen and oxygen atoms in total. The topological polar surface area (TPSA) is 59.0 Å². The number of imidazole rings is 1. The van der Waals surface area contributed by atoms with Crippen LogP contribution in [-0.4, -0.2) is 22.1 Å². The van der Waals surface area contributed by atoms with Gasteiger partial charge in [-0.05, 0) is 42.5 Å².